The second kappa shape index (κ2) is 5.43. The van der Waals surface area contributed by atoms with E-state index >= 15 is 0 Å². The Balaban J connectivity index is 2.69. The molecule has 6 nitrogen and oxygen atoms in total. The van der Waals surface area contributed by atoms with Crippen molar-refractivity contribution in [2.24, 2.45) is 0 Å². The number of aryl methyl sites for hydroxylation is 1. The number of anilines is 1. The van der Waals surface area contributed by atoms with Gasteiger partial charge in [0.25, 0.3) is 0 Å². The molecule has 1 atom stereocenters. The molecule has 0 amide bonds. The van der Waals surface area contributed by atoms with Gasteiger partial charge in [0.1, 0.15) is 12.7 Å². The molecule has 0 aromatic carbocycles. The van der Waals surface area contributed by atoms with Crippen molar-refractivity contribution in [2.75, 3.05) is 18.9 Å². The van der Waals surface area contributed by atoms with Gasteiger partial charge < -0.3 is 20.7 Å². The molecular weight excluding hydrogens is 212 g/mol. The average Bonchev–Trinajstić information content (AvgIpc) is 2.28. The van der Waals surface area contributed by atoms with Gasteiger partial charge in [0.05, 0.1) is 29.7 Å². The van der Waals surface area contributed by atoms with E-state index in [0.29, 0.717) is 11.4 Å². The molecule has 16 heavy (non-hydrogen) atoms. The summed E-state index contributed by atoms with van der Waals surface area (Å²) in [4.78, 5) is 15.4. The number of aromatic nitrogens is 1. The number of carbonyl (C=O) groups excluding carboxylic acids is 1. The molecule has 0 radical (unpaired) electrons. The number of aliphatic hydroxyl groups is 2. The summed E-state index contributed by atoms with van der Waals surface area (Å²) < 4.78 is 4.77. The van der Waals surface area contributed by atoms with Crippen molar-refractivity contribution in [2.45, 2.75) is 13.0 Å². The monoisotopic (exact) mass is 226 g/mol. The standard InChI is InChI=1S/C10H14N2O4/c1-6-9(2-7(11)3-12-6)10(15)16-5-8(14)4-13/h2-3,8,13-14H,4-5,11H2,1H3. The van der Waals surface area contributed by atoms with E-state index < -0.39 is 18.7 Å². The Labute approximate surface area is 92.7 Å². The predicted molar refractivity (Wildman–Crippen MR) is 56.8 cm³/mol. The minimum Gasteiger partial charge on any atom is -0.459 e. The molecule has 0 aliphatic rings. The van der Waals surface area contributed by atoms with Gasteiger partial charge in [-0.1, -0.05) is 0 Å². The second-order valence-corrected chi connectivity index (χ2v) is 3.34. The summed E-state index contributed by atoms with van der Waals surface area (Å²) in [7, 11) is 0. The minimum absolute atomic E-state index is 0.255. The average molecular weight is 226 g/mol. The van der Waals surface area contributed by atoms with Crippen LogP contribution >= 0.6 is 0 Å². The summed E-state index contributed by atoms with van der Waals surface area (Å²) in [5.74, 6) is -0.621. The molecule has 1 unspecified atom stereocenters. The highest BCUT2D eigenvalue weighted by Crippen LogP contribution is 2.10. The Kier molecular flexibility index (Phi) is 4.21. The van der Waals surface area contributed by atoms with Crippen molar-refractivity contribution in [3.05, 3.63) is 23.5 Å². The first-order valence-corrected chi connectivity index (χ1v) is 4.72. The van der Waals surface area contributed by atoms with Crippen molar-refractivity contribution in [1.82, 2.24) is 4.98 Å². The molecule has 88 valence electrons. The lowest BCUT2D eigenvalue weighted by molar-refractivity contribution is 0.00924. The first-order valence-electron chi connectivity index (χ1n) is 4.72. The predicted octanol–water partition coefficient (Wildman–Crippen LogP) is -0.518. The normalized spacial score (nSPS) is 12.2. The Morgan fingerprint density at radius 1 is 1.69 bits per heavy atom. The topological polar surface area (TPSA) is 106 Å². The van der Waals surface area contributed by atoms with Crippen LogP contribution in [0.5, 0.6) is 0 Å². The molecule has 1 rings (SSSR count). The summed E-state index contributed by atoms with van der Waals surface area (Å²) in [6, 6.07) is 1.45. The summed E-state index contributed by atoms with van der Waals surface area (Å²) in [5, 5.41) is 17.6. The van der Waals surface area contributed by atoms with Crippen LogP contribution in [-0.2, 0) is 4.74 Å². The maximum Gasteiger partial charge on any atom is 0.340 e. The molecule has 0 saturated heterocycles. The first-order chi connectivity index (χ1) is 7.54. The summed E-state index contributed by atoms with van der Waals surface area (Å²) >= 11 is 0. The van der Waals surface area contributed by atoms with Crippen LogP contribution < -0.4 is 5.73 Å². The lowest BCUT2D eigenvalue weighted by Gasteiger charge is -2.09. The smallest absolute Gasteiger partial charge is 0.340 e. The SMILES string of the molecule is Cc1ncc(N)cc1C(=O)OCC(O)CO. The fourth-order valence-electron chi connectivity index (χ4n) is 1.06. The highest BCUT2D eigenvalue weighted by Gasteiger charge is 2.13. The van der Waals surface area contributed by atoms with Crippen LogP contribution in [0.2, 0.25) is 0 Å². The van der Waals surface area contributed by atoms with E-state index in [0.717, 1.165) is 0 Å². The molecule has 1 aromatic heterocycles. The zero-order chi connectivity index (χ0) is 12.1. The summed E-state index contributed by atoms with van der Waals surface area (Å²) in [6.45, 7) is 0.934. The van der Waals surface area contributed by atoms with Crippen LogP contribution in [0.3, 0.4) is 0 Å². The van der Waals surface area contributed by atoms with E-state index in [9.17, 15) is 4.79 Å². The van der Waals surface area contributed by atoms with Gasteiger partial charge in [-0.05, 0) is 13.0 Å². The van der Waals surface area contributed by atoms with Gasteiger partial charge in [-0.3, -0.25) is 4.98 Å². The number of aliphatic hydroxyl groups excluding tert-OH is 2. The fourth-order valence-corrected chi connectivity index (χ4v) is 1.06. The largest absolute Gasteiger partial charge is 0.459 e. The maximum atomic E-state index is 11.5. The molecule has 1 heterocycles. The number of nitrogens with zero attached hydrogens (tertiary/aromatic N) is 1. The van der Waals surface area contributed by atoms with Gasteiger partial charge in [0.2, 0.25) is 0 Å². The van der Waals surface area contributed by atoms with E-state index in [1.807, 2.05) is 0 Å². The molecule has 0 saturated carbocycles. The zero-order valence-corrected chi connectivity index (χ0v) is 8.88. The lowest BCUT2D eigenvalue weighted by Crippen LogP contribution is -2.22. The van der Waals surface area contributed by atoms with E-state index in [1.165, 1.54) is 12.3 Å². The third-order valence-corrected chi connectivity index (χ3v) is 1.95. The number of rotatable bonds is 4. The maximum absolute atomic E-state index is 11.5. The van der Waals surface area contributed by atoms with Crippen LogP contribution in [0.15, 0.2) is 12.3 Å². The number of pyridine rings is 1. The number of nitrogen functional groups attached to an aromatic ring is 1. The number of nitrogens with two attached hydrogens (primary N) is 1. The Bertz CT molecular complexity index is 381. The molecule has 4 N–H and O–H groups in total. The third kappa shape index (κ3) is 3.18. The van der Waals surface area contributed by atoms with Crippen LogP contribution in [0.4, 0.5) is 5.69 Å². The van der Waals surface area contributed by atoms with E-state index in [-0.39, 0.29) is 12.2 Å². The van der Waals surface area contributed by atoms with E-state index in [1.54, 1.807) is 6.92 Å². The molecule has 0 bridgehead atoms. The van der Waals surface area contributed by atoms with E-state index in [4.69, 9.17) is 20.7 Å². The molecule has 6 heteroatoms. The number of hydrogen-bond acceptors (Lipinski definition) is 6. The lowest BCUT2D eigenvalue weighted by atomic mass is 10.2. The number of ether oxygens (including phenoxy) is 1. The molecule has 0 aliphatic carbocycles. The molecule has 1 aromatic rings. The van der Waals surface area contributed by atoms with Gasteiger partial charge in [-0.2, -0.15) is 0 Å². The Hall–Kier alpha value is -1.66. The molecule has 0 spiro atoms. The summed E-state index contributed by atoms with van der Waals surface area (Å²) in [6.07, 6.45) is 0.368. The van der Waals surface area contributed by atoms with Crippen LogP contribution in [0.25, 0.3) is 0 Å². The zero-order valence-electron chi connectivity index (χ0n) is 8.88. The quantitative estimate of drug-likeness (QED) is 0.597. The number of carbonyl (C=O) groups is 1. The highest BCUT2D eigenvalue weighted by atomic mass is 16.5. The van der Waals surface area contributed by atoms with Crippen molar-refractivity contribution < 1.29 is 19.7 Å². The third-order valence-electron chi connectivity index (χ3n) is 1.95. The molecule has 0 fully saturated rings. The first kappa shape index (κ1) is 12.4. The van der Waals surface area contributed by atoms with Crippen LogP contribution in [-0.4, -0.2) is 40.5 Å². The van der Waals surface area contributed by atoms with Gasteiger partial charge in [-0.25, -0.2) is 4.79 Å². The van der Waals surface area contributed by atoms with Crippen molar-refractivity contribution >= 4 is 11.7 Å². The van der Waals surface area contributed by atoms with E-state index in [2.05, 4.69) is 4.98 Å². The highest BCUT2D eigenvalue weighted by molar-refractivity contribution is 5.91. The van der Waals surface area contributed by atoms with Crippen LogP contribution in [0, 0.1) is 6.92 Å². The minimum atomic E-state index is -1.07. The van der Waals surface area contributed by atoms with Gasteiger partial charge >= 0.3 is 5.97 Å². The van der Waals surface area contributed by atoms with Crippen LogP contribution in [0.1, 0.15) is 16.1 Å². The Morgan fingerprint density at radius 2 is 2.38 bits per heavy atom. The summed E-state index contributed by atoms with van der Waals surface area (Å²) in [5.41, 5.74) is 6.60. The number of esters is 1. The Morgan fingerprint density at radius 3 is 3.00 bits per heavy atom. The van der Waals surface area contributed by atoms with Gasteiger partial charge in [0.15, 0.2) is 0 Å². The van der Waals surface area contributed by atoms with Gasteiger partial charge in [-0.15, -0.1) is 0 Å². The van der Waals surface area contributed by atoms with Crippen molar-refractivity contribution in [3.63, 3.8) is 0 Å². The number of hydrogen-bond donors (Lipinski definition) is 3. The van der Waals surface area contributed by atoms with Crippen molar-refractivity contribution in [1.29, 1.82) is 0 Å². The second-order valence-electron chi connectivity index (χ2n) is 3.34. The fraction of sp³-hybridized carbons (Fsp3) is 0.400. The van der Waals surface area contributed by atoms with Gasteiger partial charge in [0, 0.05) is 0 Å². The van der Waals surface area contributed by atoms with Crippen molar-refractivity contribution in [3.8, 4) is 0 Å². The molecular formula is C10H14N2O4. The molecule has 0 aliphatic heterocycles.